The smallest absolute Gasteiger partial charge is 0.309 e. The highest BCUT2D eigenvalue weighted by atomic mass is 19.1. The molecule has 5 N–H and O–H groups in total. The van der Waals surface area contributed by atoms with Gasteiger partial charge in [-0.15, -0.1) is 5.10 Å². The molecule has 6 rings (SSSR count). The molecule has 418 valence electrons. The van der Waals surface area contributed by atoms with Crippen LogP contribution in [0.1, 0.15) is 118 Å². The van der Waals surface area contributed by atoms with Gasteiger partial charge in [0, 0.05) is 76.7 Å². The monoisotopic (exact) mass is 1050 g/mol. The number of likely N-dealkylation sites (N-methyl/N-ethyl adjacent to an activating group) is 2. The van der Waals surface area contributed by atoms with Gasteiger partial charge >= 0.3 is 5.97 Å². The summed E-state index contributed by atoms with van der Waals surface area (Å²) in [6, 6.07) is 7.56. The van der Waals surface area contributed by atoms with Crippen molar-refractivity contribution < 1.29 is 63.1 Å². The van der Waals surface area contributed by atoms with E-state index in [-0.39, 0.29) is 31.3 Å². The Labute approximate surface area is 437 Å². The maximum atomic E-state index is 14.9. The zero-order chi connectivity index (χ0) is 54.6. The fourth-order valence-corrected chi connectivity index (χ4v) is 12.3. The van der Waals surface area contributed by atoms with Gasteiger partial charge in [0.25, 0.3) is 0 Å². The average Bonchev–Trinajstić information content (AvgIpc) is 4.08. The van der Waals surface area contributed by atoms with Gasteiger partial charge < -0.3 is 63.8 Å². The molecule has 0 amide bonds. The predicted octanol–water partition coefficient (Wildman–Crippen LogP) is 4.46. The van der Waals surface area contributed by atoms with Gasteiger partial charge in [-0.3, -0.25) is 4.79 Å². The number of hydrogen-bond acceptors (Lipinski definition) is 17. The first-order valence-electron chi connectivity index (χ1n) is 26.5. The minimum atomic E-state index is -1.83. The molecule has 20 atom stereocenters. The number of aromatic nitrogens is 5. The summed E-state index contributed by atoms with van der Waals surface area (Å²) in [7, 11) is 6.80. The number of ether oxygens (including phenoxy) is 6. The third kappa shape index (κ3) is 13.1. The van der Waals surface area contributed by atoms with Crippen LogP contribution >= 0.6 is 0 Å². The summed E-state index contributed by atoms with van der Waals surface area (Å²) in [5.74, 6) is -3.25. The van der Waals surface area contributed by atoms with E-state index < -0.39 is 120 Å². The summed E-state index contributed by atoms with van der Waals surface area (Å²) < 4.78 is 56.2. The van der Waals surface area contributed by atoms with Crippen LogP contribution in [-0.4, -0.2) is 198 Å². The molecular formula is C54H88FN7O12. The molecule has 3 saturated heterocycles. The molecule has 0 radical (unpaired) electrons. The summed E-state index contributed by atoms with van der Waals surface area (Å²) in [5.41, 5.74) is -2.28. The van der Waals surface area contributed by atoms with Crippen molar-refractivity contribution in [2.45, 2.75) is 197 Å². The third-order valence-electron chi connectivity index (χ3n) is 16.8. The lowest BCUT2D eigenvalue weighted by Gasteiger charge is -2.51. The Bertz CT molecular complexity index is 2200. The average molecular weight is 1050 g/mol. The molecule has 0 spiro atoms. The van der Waals surface area contributed by atoms with Crippen molar-refractivity contribution in [3.63, 3.8) is 0 Å². The summed E-state index contributed by atoms with van der Waals surface area (Å²) in [6.07, 6.45) is -2.69. The lowest BCUT2D eigenvalue weighted by Crippen LogP contribution is -2.62. The number of nitrogens with zero attached hydrogens (tertiary/aromatic N) is 7. The lowest BCUT2D eigenvalue weighted by atomic mass is 9.68. The fraction of sp³-hybridized carbons (Fsp3) is 0.778. The van der Waals surface area contributed by atoms with Gasteiger partial charge in [0.15, 0.2) is 6.29 Å². The van der Waals surface area contributed by atoms with Crippen molar-refractivity contribution in [1.29, 1.82) is 0 Å². The second-order valence-corrected chi connectivity index (χ2v) is 22.6. The van der Waals surface area contributed by atoms with E-state index in [1.165, 1.54) is 25.8 Å². The lowest BCUT2D eigenvalue weighted by molar-refractivity contribution is -0.302. The highest BCUT2D eigenvalue weighted by Crippen LogP contribution is 2.45. The molecule has 74 heavy (non-hydrogen) atoms. The molecular weight excluding hydrogens is 958 g/mol. The van der Waals surface area contributed by atoms with Crippen molar-refractivity contribution in [1.82, 2.24) is 34.6 Å². The fourth-order valence-electron chi connectivity index (χ4n) is 12.3. The molecule has 20 heteroatoms. The Kier molecular flexibility index (Phi) is 20.1. The van der Waals surface area contributed by atoms with Gasteiger partial charge in [0.05, 0.1) is 52.9 Å². The first-order chi connectivity index (χ1) is 34.8. The van der Waals surface area contributed by atoms with Crippen LogP contribution in [0.2, 0.25) is 0 Å². The van der Waals surface area contributed by atoms with Crippen LogP contribution in [0, 0.1) is 23.7 Å². The van der Waals surface area contributed by atoms with Crippen LogP contribution < -0.4 is 0 Å². The minimum Gasteiger partial charge on any atom is -0.459 e. The molecule has 5 heterocycles. The van der Waals surface area contributed by atoms with E-state index >= 15 is 0 Å². The standard InChI is InChI=1S/C54H88FN7O12/c1-15-43-54(10,68)47(64)35(6)60(12)29-31(2)26-52(8,67)49(33(4)44(34(5)50(66)73-43)42-27-53(9,70-14)48(65)36(7)72-42)74-51-45(63)40(25-32(3)71-51)59(11)24-21-38-30-62(58-57-38)41(28-55)46(69-13)37-17-19-39(20-18-37)61-23-16-22-56-61/h16-20,22-23,30-36,40-49,51,63-65,67-68H,15,21,24-29H2,1-14H3/t31-,32-,33+,34-,35-,36+,40+,41-,42?,43-,44+,45-,46-,47-,48+,49-,51+,52-,53-,54-/m1/s1. The van der Waals surface area contributed by atoms with E-state index in [0.29, 0.717) is 31.6 Å². The van der Waals surface area contributed by atoms with Gasteiger partial charge in [-0.1, -0.05) is 45.0 Å². The van der Waals surface area contributed by atoms with Crippen molar-refractivity contribution in [2.24, 2.45) is 23.7 Å². The number of cyclic esters (lactones) is 1. The first kappa shape index (κ1) is 59.7. The predicted molar refractivity (Wildman–Crippen MR) is 274 cm³/mol. The van der Waals surface area contributed by atoms with Gasteiger partial charge in [-0.2, -0.15) is 5.10 Å². The topological polar surface area (TPSA) is 229 Å². The van der Waals surface area contributed by atoms with Crippen LogP contribution in [0.5, 0.6) is 0 Å². The SMILES string of the molecule is CC[C@H]1OC(=O)[C@H](C)[C@@H](C2C[C@@](C)(OC)[C@@H](O)[C@H](C)O2)[C@H](C)[C@@H](O[C@@H]2O[C@H](C)C[C@H](N(C)CCc3cn([C@H](CF)[C@H](OC)c4ccc(-n5cccn5)cc4)nn3)[C@H]2O)[C@](C)(O)C[C@@H](C)CN(C)[C@H](C)[C@@H](O)[C@]1(C)O. The summed E-state index contributed by atoms with van der Waals surface area (Å²) >= 11 is 0. The first-order valence-corrected chi connectivity index (χ1v) is 26.5. The van der Waals surface area contributed by atoms with Gasteiger partial charge in [0.1, 0.15) is 48.8 Å². The molecule has 1 aromatic carbocycles. The zero-order valence-electron chi connectivity index (χ0n) is 46.2. The number of benzene rings is 1. The Hall–Kier alpha value is -3.51. The molecule has 3 aromatic rings. The number of hydrogen-bond donors (Lipinski definition) is 5. The highest BCUT2D eigenvalue weighted by Gasteiger charge is 2.55. The van der Waals surface area contributed by atoms with E-state index in [4.69, 9.17) is 28.4 Å². The Morgan fingerprint density at radius 2 is 1.68 bits per heavy atom. The molecule has 0 saturated carbocycles. The second-order valence-electron chi connectivity index (χ2n) is 22.6. The number of rotatable bonds is 15. The van der Waals surface area contributed by atoms with E-state index in [1.807, 2.05) is 81.2 Å². The molecule has 0 aliphatic carbocycles. The number of halogens is 1. The normalized spacial score (nSPS) is 39.3. The van der Waals surface area contributed by atoms with Crippen LogP contribution in [0.25, 0.3) is 5.69 Å². The van der Waals surface area contributed by atoms with Gasteiger partial charge in [-0.25, -0.2) is 13.8 Å². The van der Waals surface area contributed by atoms with Crippen LogP contribution in [-0.2, 0) is 39.6 Å². The highest BCUT2D eigenvalue weighted by molar-refractivity contribution is 5.73. The third-order valence-corrected chi connectivity index (χ3v) is 16.8. The summed E-state index contributed by atoms with van der Waals surface area (Å²) in [5, 5.41) is 73.3. The summed E-state index contributed by atoms with van der Waals surface area (Å²) in [6.45, 7) is 17.9. The van der Waals surface area contributed by atoms with Crippen molar-refractivity contribution >= 4 is 5.97 Å². The van der Waals surface area contributed by atoms with Crippen LogP contribution in [0.4, 0.5) is 4.39 Å². The molecule has 3 aliphatic heterocycles. The maximum absolute atomic E-state index is 14.9. The van der Waals surface area contributed by atoms with Gasteiger partial charge in [-0.05, 0) is 110 Å². The van der Waals surface area contributed by atoms with Crippen LogP contribution in [0.3, 0.4) is 0 Å². The molecule has 3 aliphatic rings. The molecule has 0 bridgehead atoms. The van der Waals surface area contributed by atoms with Crippen molar-refractivity contribution in [3.05, 3.63) is 60.2 Å². The zero-order valence-corrected chi connectivity index (χ0v) is 46.2. The number of aliphatic hydroxyl groups excluding tert-OH is 3. The largest absolute Gasteiger partial charge is 0.459 e. The number of carbonyl (C=O) groups excluding carboxylic acids is 1. The molecule has 2 aromatic heterocycles. The maximum Gasteiger partial charge on any atom is 0.309 e. The van der Waals surface area contributed by atoms with E-state index in [1.54, 1.807) is 58.6 Å². The van der Waals surface area contributed by atoms with E-state index in [2.05, 4.69) is 15.4 Å². The number of carbonyl (C=O) groups is 1. The number of aliphatic hydroxyl groups is 5. The van der Waals surface area contributed by atoms with Crippen molar-refractivity contribution in [2.75, 3.05) is 48.1 Å². The van der Waals surface area contributed by atoms with E-state index in [0.717, 1.165) is 11.3 Å². The van der Waals surface area contributed by atoms with Crippen molar-refractivity contribution in [3.8, 4) is 5.69 Å². The second kappa shape index (κ2) is 24.9. The Morgan fingerprint density at radius 1 is 0.986 bits per heavy atom. The van der Waals surface area contributed by atoms with E-state index in [9.17, 15) is 34.7 Å². The molecule has 1 unspecified atom stereocenters. The quantitative estimate of drug-likeness (QED) is 0.132. The number of methoxy groups -OCH3 is 2. The van der Waals surface area contributed by atoms with Gasteiger partial charge in [0.2, 0.25) is 0 Å². The number of alkyl halides is 1. The van der Waals surface area contributed by atoms with Crippen LogP contribution in [0.15, 0.2) is 48.9 Å². The Balaban J connectivity index is 1.27. The minimum absolute atomic E-state index is 0.172. The number of esters is 1. The molecule has 19 nitrogen and oxygen atoms in total. The summed E-state index contributed by atoms with van der Waals surface area (Å²) in [4.78, 5) is 18.6. The molecule has 3 fully saturated rings. The Morgan fingerprint density at radius 3 is 2.28 bits per heavy atom.